The zero-order valence-corrected chi connectivity index (χ0v) is 7.27. The molecule has 8 heavy (non-hydrogen) atoms. The first-order valence-corrected chi connectivity index (χ1v) is 7.71. The van der Waals surface area contributed by atoms with Crippen LogP contribution in [0.3, 0.4) is 0 Å². The van der Waals surface area contributed by atoms with Crippen molar-refractivity contribution >= 4 is 32.2 Å². The topological polar surface area (TPSA) is 17.1 Å². The first-order chi connectivity index (χ1) is 3.93. The van der Waals surface area contributed by atoms with E-state index in [4.69, 9.17) is 0 Å². The number of carbonyl (C=O) groups excluding carboxylic acids is 1. The van der Waals surface area contributed by atoms with Crippen molar-refractivity contribution in [2.45, 2.75) is 0 Å². The van der Waals surface area contributed by atoms with Crippen LogP contribution in [0, 0.1) is 0 Å². The SMILES string of the molecule is O=C[C]1=CC=C[As]=[Al]1. The molecular weight excluding hydrogens is 178 g/mol. The molecule has 0 radical (unpaired) electrons. The molecule has 0 aromatic rings. The van der Waals surface area contributed by atoms with E-state index in [1.54, 1.807) is 0 Å². The Morgan fingerprint density at radius 2 is 2.62 bits per heavy atom. The van der Waals surface area contributed by atoms with Gasteiger partial charge in [-0.3, -0.25) is 0 Å². The Balaban J connectivity index is 2.82. The molecule has 0 unspecified atom stereocenters. The summed E-state index contributed by atoms with van der Waals surface area (Å²) in [5.74, 6) is 0. The van der Waals surface area contributed by atoms with Gasteiger partial charge in [0.15, 0.2) is 0 Å². The number of allylic oxidation sites excluding steroid dienone is 3. The van der Waals surface area contributed by atoms with Crippen molar-refractivity contribution in [1.29, 1.82) is 0 Å². The van der Waals surface area contributed by atoms with Gasteiger partial charge in [0.05, 0.1) is 0 Å². The van der Waals surface area contributed by atoms with Gasteiger partial charge >= 0.3 is 58.4 Å². The molecule has 1 rings (SSSR count). The van der Waals surface area contributed by atoms with Crippen LogP contribution in [0.2, 0.25) is 0 Å². The van der Waals surface area contributed by atoms with E-state index >= 15 is 0 Å². The number of carbonyl (C=O) groups is 1. The fraction of sp³-hybridized carbons (Fsp3) is 0. The van der Waals surface area contributed by atoms with Gasteiger partial charge in [0.2, 0.25) is 0 Å². The zero-order chi connectivity index (χ0) is 5.82. The fourth-order valence-corrected chi connectivity index (χ4v) is 4.42. The summed E-state index contributed by atoms with van der Waals surface area (Å²) >= 11 is 0.752. The van der Waals surface area contributed by atoms with E-state index in [2.05, 4.69) is 4.86 Å². The van der Waals surface area contributed by atoms with Crippen LogP contribution in [0.5, 0.6) is 0 Å². The molecule has 0 aromatic heterocycles. The number of rotatable bonds is 1. The van der Waals surface area contributed by atoms with E-state index in [-0.39, 0.29) is 0 Å². The Morgan fingerprint density at radius 3 is 3.00 bits per heavy atom. The standard InChI is InChI=1S/C5H4AsO.Al/c6-4-2-1-3-5-7;/h1-2,4-5H;. The van der Waals surface area contributed by atoms with Gasteiger partial charge in [-0.15, -0.1) is 0 Å². The van der Waals surface area contributed by atoms with Crippen molar-refractivity contribution in [2.75, 3.05) is 0 Å². The van der Waals surface area contributed by atoms with E-state index < -0.39 is 0 Å². The van der Waals surface area contributed by atoms with Gasteiger partial charge < -0.3 is 0 Å². The van der Waals surface area contributed by atoms with E-state index in [1.165, 1.54) is 0 Å². The summed E-state index contributed by atoms with van der Waals surface area (Å²) in [6, 6.07) is 0. The number of hydrogen-bond donors (Lipinski definition) is 0. The zero-order valence-electron chi connectivity index (χ0n) is 4.24. The molecule has 1 aliphatic rings. The van der Waals surface area contributed by atoms with Crippen LogP contribution in [0.4, 0.5) is 0 Å². The first-order valence-electron chi connectivity index (χ1n) is 2.28. The number of aldehydes is 1. The van der Waals surface area contributed by atoms with Crippen LogP contribution >= 0.6 is 0 Å². The maximum absolute atomic E-state index is 10.1. The molecule has 0 atom stereocenters. The van der Waals surface area contributed by atoms with E-state index in [0.29, 0.717) is 25.9 Å². The van der Waals surface area contributed by atoms with Crippen molar-refractivity contribution in [1.82, 2.24) is 0 Å². The van der Waals surface area contributed by atoms with Crippen molar-refractivity contribution in [3.05, 3.63) is 21.5 Å². The van der Waals surface area contributed by atoms with Crippen LogP contribution < -0.4 is 0 Å². The number of hydrogen-bond acceptors (Lipinski definition) is 1. The summed E-state index contributed by atoms with van der Waals surface area (Å²) in [6.45, 7) is 0. The second kappa shape index (κ2) is 3.30. The normalized spacial score (nSPS) is 16.8. The summed E-state index contributed by atoms with van der Waals surface area (Å²) in [4.78, 5) is 12.3. The maximum atomic E-state index is 10.1. The predicted molar refractivity (Wildman–Crippen MR) is 34.8 cm³/mol. The molecule has 0 N–H and O–H groups in total. The van der Waals surface area contributed by atoms with E-state index in [9.17, 15) is 4.79 Å². The van der Waals surface area contributed by atoms with Gasteiger partial charge in [0.25, 0.3) is 0 Å². The quantitative estimate of drug-likeness (QED) is 0.409. The molecule has 0 bridgehead atoms. The Morgan fingerprint density at radius 1 is 1.75 bits per heavy atom. The molecule has 0 aliphatic carbocycles. The van der Waals surface area contributed by atoms with Crippen LogP contribution in [0.1, 0.15) is 0 Å². The van der Waals surface area contributed by atoms with Crippen molar-refractivity contribution in [2.24, 2.45) is 0 Å². The van der Waals surface area contributed by atoms with E-state index in [1.807, 2.05) is 12.2 Å². The monoisotopic (exact) mass is 182 g/mol. The summed E-state index contributed by atoms with van der Waals surface area (Å²) in [6.07, 6.45) is 4.89. The van der Waals surface area contributed by atoms with Crippen LogP contribution in [0.25, 0.3) is 0 Å². The summed E-state index contributed by atoms with van der Waals surface area (Å²) in [7, 11) is 0. The Bertz CT molecular complexity index is 181. The van der Waals surface area contributed by atoms with Gasteiger partial charge in [-0.1, -0.05) is 0 Å². The van der Waals surface area contributed by atoms with Crippen molar-refractivity contribution < 1.29 is 4.79 Å². The molecule has 0 aromatic carbocycles. The molecule has 3 heteroatoms. The third kappa shape index (κ3) is 1.63. The molecule has 0 fully saturated rings. The van der Waals surface area contributed by atoms with Gasteiger partial charge in [-0.2, -0.15) is 0 Å². The summed E-state index contributed by atoms with van der Waals surface area (Å²) in [5.41, 5.74) is 0. The molecule has 1 heterocycles. The van der Waals surface area contributed by atoms with Gasteiger partial charge in [-0.05, 0) is 0 Å². The van der Waals surface area contributed by atoms with E-state index in [0.717, 1.165) is 10.7 Å². The molecule has 0 amide bonds. The molecular formula is C5H4AlAsO. The Kier molecular flexibility index (Phi) is 2.63. The second-order valence-electron chi connectivity index (χ2n) is 1.40. The molecule has 1 nitrogen and oxygen atoms in total. The van der Waals surface area contributed by atoms with Crippen LogP contribution in [0.15, 0.2) is 21.5 Å². The Hall–Kier alpha value is 0.241. The third-order valence-electron chi connectivity index (χ3n) is 0.820. The first kappa shape index (κ1) is 6.36. The average molecular weight is 182 g/mol. The predicted octanol–water partition coefficient (Wildman–Crippen LogP) is -0.0801. The van der Waals surface area contributed by atoms with Crippen LogP contribution in [-0.4, -0.2) is 32.2 Å². The summed E-state index contributed by atoms with van der Waals surface area (Å²) in [5, 5.41) is 0. The molecule has 1 aliphatic heterocycles. The molecule has 0 saturated carbocycles. The Labute approximate surface area is 58.5 Å². The van der Waals surface area contributed by atoms with Crippen LogP contribution in [-0.2, 0) is 4.79 Å². The second-order valence-corrected chi connectivity index (χ2v) is 6.75. The van der Waals surface area contributed by atoms with Gasteiger partial charge in [0, 0.05) is 0 Å². The minimum atomic E-state index is 0.358. The summed E-state index contributed by atoms with van der Waals surface area (Å²) < 4.78 is 1.03. The molecule has 0 spiro atoms. The third-order valence-corrected chi connectivity index (χ3v) is 6.03. The van der Waals surface area contributed by atoms with Crippen molar-refractivity contribution in [3.63, 3.8) is 0 Å². The van der Waals surface area contributed by atoms with Gasteiger partial charge in [0.1, 0.15) is 0 Å². The molecule has 0 saturated heterocycles. The van der Waals surface area contributed by atoms with Gasteiger partial charge in [-0.25, -0.2) is 0 Å². The average Bonchev–Trinajstić information content (AvgIpc) is 1.90. The fourth-order valence-electron chi connectivity index (χ4n) is 0.446. The molecule has 38 valence electrons. The van der Waals surface area contributed by atoms with Crippen molar-refractivity contribution in [3.8, 4) is 0 Å². The minimum absolute atomic E-state index is 0.358.